The van der Waals surface area contributed by atoms with E-state index in [2.05, 4.69) is 23.8 Å². The molecular formula is C36H29F9O. The second-order valence-corrected chi connectivity index (χ2v) is 11.4. The molecule has 46 heavy (non-hydrogen) atoms. The number of halogens is 9. The Bertz CT molecular complexity index is 1710. The second-order valence-electron chi connectivity index (χ2n) is 11.4. The molecule has 0 spiro atoms. The van der Waals surface area contributed by atoms with Crippen LogP contribution in [-0.4, -0.2) is 0 Å². The van der Waals surface area contributed by atoms with Gasteiger partial charge in [0, 0.05) is 23.3 Å². The molecule has 0 heterocycles. The quantitative estimate of drug-likeness (QED) is 0.0997. The molecule has 1 nitrogen and oxygen atoms in total. The first kappa shape index (κ1) is 33.2. The largest absolute Gasteiger partial charge is 0.432 e. The Morgan fingerprint density at radius 3 is 1.83 bits per heavy atom. The van der Waals surface area contributed by atoms with E-state index in [1.807, 2.05) is 6.07 Å². The first-order chi connectivity index (χ1) is 21.9. The Morgan fingerprint density at radius 1 is 0.674 bits per heavy atom. The molecule has 1 saturated carbocycles. The summed E-state index contributed by atoms with van der Waals surface area (Å²) < 4.78 is 134. The van der Waals surface area contributed by atoms with E-state index >= 15 is 8.78 Å². The average molecular weight is 649 g/mol. The van der Waals surface area contributed by atoms with E-state index in [0.717, 1.165) is 56.2 Å². The van der Waals surface area contributed by atoms with Crippen LogP contribution in [0.3, 0.4) is 0 Å². The summed E-state index contributed by atoms with van der Waals surface area (Å²) in [5.41, 5.74) is -1.59. The molecule has 1 aliphatic carbocycles. The third-order valence-corrected chi connectivity index (χ3v) is 8.23. The Balaban J connectivity index is 1.34. The van der Waals surface area contributed by atoms with Crippen LogP contribution in [0.2, 0.25) is 0 Å². The van der Waals surface area contributed by atoms with Crippen molar-refractivity contribution < 1.29 is 44.3 Å². The van der Waals surface area contributed by atoms with Crippen molar-refractivity contribution in [1.82, 2.24) is 0 Å². The highest BCUT2D eigenvalue weighted by molar-refractivity contribution is 5.72. The van der Waals surface area contributed by atoms with Gasteiger partial charge in [0.05, 0.1) is 0 Å². The molecule has 0 N–H and O–H groups in total. The number of ether oxygens (including phenoxy) is 1. The molecule has 0 atom stereocenters. The van der Waals surface area contributed by atoms with E-state index in [0.29, 0.717) is 18.1 Å². The summed E-state index contributed by atoms with van der Waals surface area (Å²) in [7, 11) is 0. The molecule has 1 fully saturated rings. The van der Waals surface area contributed by atoms with E-state index in [1.54, 1.807) is 6.07 Å². The lowest BCUT2D eigenvalue weighted by molar-refractivity contribution is -0.189. The third-order valence-electron chi connectivity index (χ3n) is 8.23. The molecule has 5 rings (SSSR count). The predicted molar refractivity (Wildman–Crippen MR) is 157 cm³/mol. The van der Waals surface area contributed by atoms with Crippen molar-refractivity contribution in [2.45, 2.75) is 57.5 Å². The van der Waals surface area contributed by atoms with Gasteiger partial charge in [0.2, 0.25) is 0 Å². The van der Waals surface area contributed by atoms with Crippen LogP contribution >= 0.6 is 0 Å². The Morgan fingerprint density at radius 2 is 1.24 bits per heavy atom. The van der Waals surface area contributed by atoms with Gasteiger partial charge in [-0.15, -0.1) is 0 Å². The van der Waals surface area contributed by atoms with Crippen molar-refractivity contribution in [3.8, 4) is 28.0 Å². The van der Waals surface area contributed by atoms with Gasteiger partial charge in [-0.05, 0) is 84.9 Å². The number of rotatable bonds is 9. The average Bonchev–Trinajstić information content (AvgIpc) is 2.99. The summed E-state index contributed by atoms with van der Waals surface area (Å²) in [6.45, 7) is 2.13. The second kappa shape index (κ2) is 13.6. The molecular weight excluding hydrogens is 619 g/mol. The first-order valence-electron chi connectivity index (χ1n) is 14.8. The SMILES string of the molecule is CCC/C=C/C1CCC(c2ccc(-c3ccc(-c4cc(F)c(C(F)(F)Oc5cc(F)c(F)c(F)c5)c(F)c4)c(F)c3)c(F)c2)CC1. The van der Waals surface area contributed by atoms with E-state index in [-0.39, 0.29) is 34.7 Å². The van der Waals surface area contributed by atoms with Gasteiger partial charge in [0.25, 0.3) is 0 Å². The molecule has 10 heteroatoms. The molecule has 0 amide bonds. The highest BCUT2D eigenvalue weighted by Crippen LogP contribution is 2.40. The number of hydrogen-bond acceptors (Lipinski definition) is 1. The lowest BCUT2D eigenvalue weighted by atomic mass is 9.78. The van der Waals surface area contributed by atoms with Gasteiger partial charge < -0.3 is 4.74 Å². The van der Waals surface area contributed by atoms with Gasteiger partial charge in [-0.3, -0.25) is 0 Å². The molecule has 0 bridgehead atoms. The van der Waals surface area contributed by atoms with E-state index in [9.17, 15) is 30.7 Å². The molecule has 1 aliphatic rings. The minimum absolute atomic E-state index is 0.0854. The van der Waals surface area contributed by atoms with Crippen LogP contribution in [0.1, 0.15) is 62.5 Å². The molecule has 242 valence electrons. The van der Waals surface area contributed by atoms with E-state index in [4.69, 9.17) is 0 Å². The maximum Gasteiger partial charge on any atom is 0.432 e. The smallest absolute Gasteiger partial charge is 0.429 e. The standard InChI is InChI=1S/C36H29F9O/c1-2-3-4-5-20-6-8-21(9-7-20)22-10-12-26(28(37)14-22)23-11-13-27(29(38)15-23)24-16-30(39)34(31(40)17-24)36(44,45)46-25-18-32(41)35(43)33(42)19-25/h4-5,10-21H,2-3,6-9H2,1H3/b5-4+. The van der Waals surface area contributed by atoms with E-state index < -0.39 is 63.7 Å². The summed E-state index contributed by atoms with van der Waals surface area (Å²) in [6.07, 6.45) is 5.73. The van der Waals surface area contributed by atoms with Crippen LogP contribution in [0.25, 0.3) is 22.3 Å². The topological polar surface area (TPSA) is 9.23 Å². The van der Waals surface area contributed by atoms with Crippen molar-refractivity contribution >= 4 is 0 Å². The summed E-state index contributed by atoms with van der Waals surface area (Å²) in [6, 6.07) is 9.29. The molecule has 0 unspecified atom stereocenters. The maximum absolute atomic E-state index is 15.2. The number of hydrogen-bond donors (Lipinski definition) is 0. The van der Waals surface area contributed by atoms with Crippen molar-refractivity contribution in [2.24, 2.45) is 5.92 Å². The predicted octanol–water partition coefficient (Wildman–Crippen LogP) is 11.8. The van der Waals surface area contributed by atoms with E-state index in [1.165, 1.54) is 12.1 Å². The van der Waals surface area contributed by atoms with Crippen LogP contribution < -0.4 is 4.74 Å². The number of benzene rings is 4. The van der Waals surface area contributed by atoms with Gasteiger partial charge in [-0.2, -0.15) is 8.78 Å². The summed E-state index contributed by atoms with van der Waals surface area (Å²) in [5.74, 6) is -11.4. The molecule has 0 saturated heterocycles. The Kier molecular flexibility index (Phi) is 9.84. The van der Waals surface area contributed by atoms with Crippen LogP contribution in [0, 0.1) is 46.6 Å². The fourth-order valence-corrected chi connectivity index (χ4v) is 5.83. The summed E-state index contributed by atoms with van der Waals surface area (Å²) in [5, 5.41) is 0. The van der Waals surface area contributed by atoms with Crippen LogP contribution in [-0.2, 0) is 6.11 Å². The minimum atomic E-state index is -4.79. The fraction of sp³-hybridized carbons (Fsp3) is 0.278. The van der Waals surface area contributed by atoms with Gasteiger partial charge in [0.1, 0.15) is 34.6 Å². The van der Waals surface area contributed by atoms with Crippen molar-refractivity contribution in [1.29, 1.82) is 0 Å². The Hall–Kier alpha value is -4.21. The van der Waals surface area contributed by atoms with Crippen LogP contribution in [0.4, 0.5) is 39.5 Å². The van der Waals surface area contributed by atoms with Crippen molar-refractivity contribution in [2.75, 3.05) is 0 Å². The lowest BCUT2D eigenvalue weighted by Crippen LogP contribution is -2.25. The monoisotopic (exact) mass is 648 g/mol. The molecule has 0 aliphatic heterocycles. The molecule has 4 aromatic rings. The Labute approximate surface area is 260 Å². The fourth-order valence-electron chi connectivity index (χ4n) is 5.83. The highest BCUT2D eigenvalue weighted by atomic mass is 19.3. The highest BCUT2D eigenvalue weighted by Gasteiger charge is 2.41. The number of alkyl halides is 2. The zero-order valence-electron chi connectivity index (χ0n) is 24.6. The minimum Gasteiger partial charge on any atom is -0.429 e. The molecule has 0 radical (unpaired) electrons. The van der Waals surface area contributed by atoms with Gasteiger partial charge in [-0.25, -0.2) is 30.7 Å². The van der Waals surface area contributed by atoms with Crippen molar-refractivity contribution in [3.63, 3.8) is 0 Å². The molecule has 4 aromatic carbocycles. The first-order valence-corrected chi connectivity index (χ1v) is 14.8. The van der Waals surface area contributed by atoms with Crippen LogP contribution in [0.15, 0.2) is 72.8 Å². The van der Waals surface area contributed by atoms with Crippen LogP contribution in [0.5, 0.6) is 5.75 Å². The third kappa shape index (κ3) is 7.11. The van der Waals surface area contributed by atoms with Crippen molar-refractivity contribution in [3.05, 3.63) is 125 Å². The lowest BCUT2D eigenvalue weighted by Gasteiger charge is -2.27. The zero-order chi connectivity index (χ0) is 33.2. The number of allylic oxidation sites excluding steroid dienone is 2. The summed E-state index contributed by atoms with van der Waals surface area (Å²) >= 11 is 0. The van der Waals surface area contributed by atoms with Gasteiger partial charge >= 0.3 is 6.11 Å². The normalized spacial score (nSPS) is 17.1. The zero-order valence-corrected chi connectivity index (χ0v) is 24.6. The number of unbranched alkanes of at least 4 members (excludes halogenated alkanes) is 1. The van der Waals surface area contributed by atoms with Gasteiger partial charge in [-0.1, -0.05) is 49.8 Å². The van der Waals surface area contributed by atoms with Gasteiger partial charge in [0.15, 0.2) is 17.5 Å². The molecule has 0 aromatic heterocycles. The summed E-state index contributed by atoms with van der Waals surface area (Å²) in [4.78, 5) is 0. The maximum atomic E-state index is 15.2.